The van der Waals surface area contributed by atoms with Crippen LogP contribution >= 0.6 is 11.3 Å². The molecule has 0 bridgehead atoms. The summed E-state index contributed by atoms with van der Waals surface area (Å²) in [4.78, 5) is 0. The third-order valence-corrected chi connectivity index (χ3v) is 3.79. The summed E-state index contributed by atoms with van der Waals surface area (Å²) < 4.78 is 5.66. The SMILES string of the molecule is CCC1OCCC1c1nnc(CNC)s1. The first-order valence-electron chi connectivity index (χ1n) is 5.43. The van der Waals surface area contributed by atoms with Crippen molar-refractivity contribution in [1.29, 1.82) is 0 Å². The molecule has 2 unspecified atom stereocenters. The lowest BCUT2D eigenvalue weighted by Crippen LogP contribution is -2.12. The summed E-state index contributed by atoms with van der Waals surface area (Å²) in [5, 5.41) is 13.7. The highest BCUT2D eigenvalue weighted by atomic mass is 32.1. The molecule has 2 atom stereocenters. The molecular formula is C10H17N3OS. The third-order valence-electron chi connectivity index (χ3n) is 2.74. The van der Waals surface area contributed by atoms with Gasteiger partial charge in [0.15, 0.2) is 0 Å². The van der Waals surface area contributed by atoms with E-state index in [1.54, 1.807) is 11.3 Å². The largest absolute Gasteiger partial charge is 0.377 e. The maximum absolute atomic E-state index is 5.66. The fourth-order valence-electron chi connectivity index (χ4n) is 1.97. The summed E-state index contributed by atoms with van der Waals surface area (Å²) in [5.74, 6) is 0.470. The molecule has 15 heavy (non-hydrogen) atoms. The van der Waals surface area contributed by atoms with Crippen molar-refractivity contribution in [2.75, 3.05) is 13.7 Å². The van der Waals surface area contributed by atoms with E-state index in [-0.39, 0.29) is 0 Å². The molecule has 4 nitrogen and oxygen atoms in total. The molecule has 1 aromatic heterocycles. The number of rotatable bonds is 4. The molecular weight excluding hydrogens is 210 g/mol. The van der Waals surface area contributed by atoms with E-state index in [4.69, 9.17) is 4.74 Å². The lowest BCUT2D eigenvalue weighted by molar-refractivity contribution is 0.100. The van der Waals surface area contributed by atoms with Gasteiger partial charge in [-0.2, -0.15) is 0 Å². The highest BCUT2D eigenvalue weighted by Gasteiger charge is 2.30. The Morgan fingerprint density at radius 3 is 3.13 bits per heavy atom. The van der Waals surface area contributed by atoms with Crippen LogP contribution in [0.3, 0.4) is 0 Å². The number of ether oxygens (including phenoxy) is 1. The van der Waals surface area contributed by atoms with Crippen molar-refractivity contribution in [2.45, 2.75) is 38.3 Å². The Bertz CT molecular complexity index is 315. The van der Waals surface area contributed by atoms with E-state index in [1.165, 1.54) is 0 Å². The zero-order chi connectivity index (χ0) is 10.7. The Kier molecular flexibility index (Phi) is 3.66. The predicted molar refractivity (Wildman–Crippen MR) is 60.1 cm³/mol. The van der Waals surface area contributed by atoms with Gasteiger partial charge >= 0.3 is 0 Å². The molecule has 0 radical (unpaired) electrons. The molecule has 1 N–H and O–H groups in total. The Balaban J connectivity index is 2.07. The second-order valence-corrected chi connectivity index (χ2v) is 4.87. The summed E-state index contributed by atoms with van der Waals surface area (Å²) >= 11 is 1.71. The smallest absolute Gasteiger partial charge is 0.131 e. The molecule has 0 spiro atoms. The first-order chi connectivity index (χ1) is 7.35. The number of aromatic nitrogens is 2. The minimum atomic E-state index is 0.348. The third kappa shape index (κ3) is 2.35. The number of hydrogen-bond donors (Lipinski definition) is 1. The van der Waals surface area contributed by atoms with Crippen LogP contribution in [0.4, 0.5) is 0 Å². The van der Waals surface area contributed by atoms with Crippen LogP contribution in [0.5, 0.6) is 0 Å². The molecule has 1 aliphatic rings. The quantitative estimate of drug-likeness (QED) is 0.847. The van der Waals surface area contributed by atoms with Crippen LogP contribution in [0.1, 0.15) is 35.7 Å². The summed E-state index contributed by atoms with van der Waals surface area (Å²) in [7, 11) is 1.93. The van der Waals surface area contributed by atoms with Crippen LogP contribution in [0.25, 0.3) is 0 Å². The topological polar surface area (TPSA) is 47.0 Å². The van der Waals surface area contributed by atoms with Gasteiger partial charge < -0.3 is 10.1 Å². The highest BCUT2D eigenvalue weighted by molar-refractivity contribution is 7.11. The first kappa shape index (κ1) is 11.0. The van der Waals surface area contributed by atoms with Crippen LogP contribution in [-0.2, 0) is 11.3 Å². The number of nitrogens with one attached hydrogen (secondary N) is 1. The lowest BCUT2D eigenvalue weighted by atomic mass is 10.0. The molecule has 0 saturated carbocycles. The van der Waals surface area contributed by atoms with E-state index in [1.807, 2.05) is 7.05 Å². The molecule has 2 heterocycles. The van der Waals surface area contributed by atoms with Crippen LogP contribution in [0, 0.1) is 0 Å². The number of nitrogens with zero attached hydrogens (tertiary/aromatic N) is 2. The van der Waals surface area contributed by atoms with Crippen LogP contribution in [-0.4, -0.2) is 30.0 Å². The summed E-state index contributed by atoms with van der Waals surface area (Å²) in [6.45, 7) is 3.84. The van der Waals surface area contributed by atoms with Gasteiger partial charge in [0.1, 0.15) is 10.0 Å². The molecule has 84 valence electrons. The summed E-state index contributed by atoms with van der Waals surface area (Å²) in [5.41, 5.74) is 0. The molecule has 5 heteroatoms. The maximum atomic E-state index is 5.66. The fourth-order valence-corrected chi connectivity index (χ4v) is 3.01. The first-order valence-corrected chi connectivity index (χ1v) is 6.25. The molecule has 0 aromatic carbocycles. The zero-order valence-corrected chi connectivity index (χ0v) is 10.0. The van der Waals surface area contributed by atoms with Gasteiger partial charge in [0, 0.05) is 19.1 Å². The van der Waals surface area contributed by atoms with Gasteiger partial charge in [-0.15, -0.1) is 10.2 Å². The van der Waals surface area contributed by atoms with Crippen molar-refractivity contribution in [3.8, 4) is 0 Å². The maximum Gasteiger partial charge on any atom is 0.131 e. The van der Waals surface area contributed by atoms with Gasteiger partial charge in [-0.3, -0.25) is 0 Å². The van der Waals surface area contributed by atoms with Crippen LogP contribution < -0.4 is 5.32 Å². The Labute approximate surface area is 94.1 Å². The van der Waals surface area contributed by atoms with Gasteiger partial charge in [0.2, 0.25) is 0 Å². The van der Waals surface area contributed by atoms with Crippen molar-refractivity contribution >= 4 is 11.3 Å². The molecule has 1 saturated heterocycles. The Morgan fingerprint density at radius 2 is 2.40 bits per heavy atom. The van der Waals surface area contributed by atoms with Gasteiger partial charge in [-0.05, 0) is 19.9 Å². The van der Waals surface area contributed by atoms with Crippen molar-refractivity contribution < 1.29 is 4.74 Å². The Hall–Kier alpha value is -0.520. The molecule has 1 fully saturated rings. The monoisotopic (exact) mass is 227 g/mol. The molecule has 0 amide bonds. The van der Waals surface area contributed by atoms with Gasteiger partial charge in [0.05, 0.1) is 6.10 Å². The van der Waals surface area contributed by atoms with Crippen molar-refractivity contribution in [2.24, 2.45) is 0 Å². The van der Waals surface area contributed by atoms with Crippen molar-refractivity contribution in [1.82, 2.24) is 15.5 Å². The van der Waals surface area contributed by atoms with E-state index in [9.17, 15) is 0 Å². The van der Waals surface area contributed by atoms with Crippen LogP contribution in [0.2, 0.25) is 0 Å². The Morgan fingerprint density at radius 1 is 1.53 bits per heavy atom. The second-order valence-electron chi connectivity index (χ2n) is 3.78. The van der Waals surface area contributed by atoms with Crippen LogP contribution in [0.15, 0.2) is 0 Å². The lowest BCUT2D eigenvalue weighted by Gasteiger charge is -2.12. The van der Waals surface area contributed by atoms with E-state index in [2.05, 4.69) is 22.4 Å². The van der Waals surface area contributed by atoms with E-state index in [0.717, 1.165) is 36.0 Å². The van der Waals surface area contributed by atoms with Gasteiger partial charge in [0.25, 0.3) is 0 Å². The minimum absolute atomic E-state index is 0.348. The van der Waals surface area contributed by atoms with Gasteiger partial charge in [-0.1, -0.05) is 18.3 Å². The van der Waals surface area contributed by atoms with E-state index >= 15 is 0 Å². The number of hydrogen-bond acceptors (Lipinski definition) is 5. The highest BCUT2D eigenvalue weighted by Crippen LogP contribution is 2.34. The average Bonchev–Trinajstić information content (AvgIpc) is 2.84. The average molecular weight is 227 g/mol. The van der Waals surface area contributed by atoms with E-state index in [0.29, 0.717) is 12.0 Å². The standard InChI is InChI=1S/C10H17N3OS/c1-3-8-7(4-5-14-8)10-13-12-9(15-10)6-11-2/h7-8,11H,3-6H2,1-2H3. The van der Waals surface area contributed by atoms with Crippen molar-refractivity contribution in [3.63, 3.8) is 0 Å². The molecule has 2 rings (SSSR count). The normalized spacial score (nSPS) is 26.0. The fraction of sp³-hybridized carbons (Fsp3) is 0.800. The predicted octanol–water partition coefficient (Wildman–Crippen LogP) is 1.54. The minimum Gasteiger partial charge on any atom is -0.377 e. The van der Waals surface area contributed by atoms with Crippen molar-refractivity contribution in [3.05, 3.63) is 10.0 Å². The summed E-state index contributed by atoms with van der Waals surface area (Å²) in [6, 6.07) is 0. The summed E-state index contributed by atoms with van der Waals surface area (Å²) in [6.07, 6.45) is 2.50. The zero-order valence-electron chi connectivity index (χ0n) is 9.19. The van der Waals surface area contributed by atoms with Gasteiger partial charge in [-0.25, -0.2) is 0 Å². The molecule has 1 aliphatic heterocycles. The second kappa shape index (κ2) is 5.01. The molecule has 1 aromatic rings. The van der Waals surface area contributed by atoms with E-state index < -0.39 is 0 Å². The molecule has 0 aliphatic carbocycles.